The molecule has 16 heavy (non-hydrogen) atoms. The van der Waals surface area contributed by atoms with E-state index in [1.54, 1.807) is 20.8 Å². The zero-order chi connectivity index (χ0) is 12.5. The average Bonchev–Trinajstić information content (AvgIpc) is 2.09. The van der Waals surface area contributed by atoms with Gasteiger partial charge in [-0.05, 0) is 0 Å². The number of hydrogen-bond acceptors (Lipinski definition) is 3. The summed E-state index contributed by atoms with van der Waals surface area (Å²) in [6, 6.07) is 1.47. The average molecular weight is 247 g/mol. The van der Waals surface area contributed by atoms with E-state index in [1.165, 1.54) is 0 Å². The molecule has 1 aromatic rings. The Hall–Kier alpha value is -1.17. The Bertz CT molecular complexity index is 406. The van der Waals surface area contributed by atoms with Crippen LogP contribution >= 0.6 is 11.8 Å². The molecule has 0 aliphatic heterocycles. The molecule has 6 heteroatoms. The third-order valence-corrected chi connectivity index (χ3v) is 2.81. The van der Waals surface area contributed by atoms with Crippen molar-refractivity contribution in [3.63, 3.8) is 0 Å². The van der Waals surface area contributed by atoms with Crippen molar-refractivity contribution in [1.82, 2.24) is 0 Å². The molecule has 0 amide bonds. The number of nitro benzene ring substituents is 1. The van der Waals surface area contributed by atoms with Gasteiger partial charge in [0.15, 0.2) is 0 Å². The summed E-state index contributed by atoms with van der Waals surface area (Å²) in [5.74, 6) is -1.79. The van der Waals surface area contributed by atoms with E-state index >= 15 is 0 Å². The molecule has 0 aliphatic carbocycles. The predicted molar refractivity (Wildman–Crippen MR) is 58.6 cm³/mol. The molecule has 0 bridgehead atoms. The van der Waals surface area contributed by atoms with Gasteiger partial charge in [0, 0.05) is 4.75 Å². The summed E-state index contributed by atoms with van der Waals surface area (Å²) in [5, 5.41) is 10.4. The van der Waals surface area contributed by atoms with E-state index in [0.717, 1.165) is 23.9 Å². The Labute approximate surface area is 96.0 Å². The first-order valence-electron chi connectivity index (χ1n) is 4.53. The van der Waals surface area contributed by atoms with Gasteiger partial charge < -0.3 is 0 Å². The molecule has 0 saturated carbocycles. The fourth-order valence-corrected chi connectivity index (χ4v) is 1.98. The lowest BCUT2D eigenvalue weighted by molar-refractivity contribution is -0.385. The molecule has 0 fully saturated rings. The Balaban J connectivity index is 3.18. The van der Waals surface area contributed by atoms with Crippen LogP contribution in [0.1, 0.15) is 20.8 Å². The second-order valence-electron chi connectivity index (χ2n) is 4.21. The number of non-ortho nitro benzene ring substituents is 1. The number of thioether (sulfide) groups is 1. The van der Waals surface area contributed by atoms with Crippen molar-refractivity contribution < 1.29 is 13.7 Å². The highest BCUT2D eigenvalue weighted by molar-refractivity contribution is 8.00. The maximum absolute atomic E-state index is 13.4. The van der Waals surface area contributed by atoms with Crippen molar-refractivity contribution >= 4 is 17.4 Å². The fourth-order valence-electron chi connectivity index (χ4n) is 1.06. The first kappa shape index (κ1) is 12.9. The quantitative estimate of drug-likeness (QED) is 0.454. The van der Waals surface area contributed by atoms with Gasteiger partial charge in [-0.3, -0.25) is 10.1 Å². The Morgan fingerprint density at radius 3 is 2.00 bits per heavy atom. The van der Waals surface area contributed by atoms with E-state index in [4.69, 9.17) is 0 Å². The summed E-state index contributed by atoms with van der Waals surface area (Å²) in [4.78, 5) is 9.36. The minimum absolute atomic E-state index is 0.182. The minimum atomic E-state index is -0.897. The van der Waals surface area contributed by atoms with Crippen LogP contribution in [-0.4, -0.2) is 9.67 Å². The Morgan fingerprint density at radius 1 is 1.25 bits per heavy atom. The van der Waals surface area contributed by atoms with Crippen LogP contribution in [0.4, 0.5) is 14.5 Å². The van der Waals surface area contributed by atoms with Gasteiger partial charge in [-0.15, -0.1) is 11.8 Å². The van der Waals surface area contributed by atoms with Gasteiger partial charge in [0.1, 0.15) is 11.6 Å². The molecule has 0 atom stereocenters. The Morgan fingerprint density at radius 2 is 1.69 bits per heavy atom. The van der Waals surface area contributed by atoms with Crippen LogP contribution in [0, 0.1) is 21.7 Å². The summed E-state index contributed by atoms with van der Waals surface area (Å²) < 4.78 is 26.5. The van der Waals surface area contributed by atoms with Crippen molar-refractivity contribution in [2.45, 2.75) is 30.4 Å². The van der Waals surface area contributed by atoms with Crippen molar-refractivity contribution in [2.75, 3.05) is 0 Å². The zero-order valence-electron chi connectivity index (χ0n) is 9.08. The molecule has 0 unspecified atom stereocenters. The van der Waals surface area contributed by atoms with E-state index in [-0.39, 0.29) is 9.64 Å². The lowest BCUT2D eigenvalue weighted by Crippen LogP contribution is -2.08. The molecule has 0 aliphatic rings. The van der Waals surface area contributed by atoms with E-state index in [9.17, 15) is 18.9 Å². The monoisotopic (exact) mass is 247 g/mol. The molecule has 1 rings (SSSR count). The molecule has 0 N–H and O–H groups in total. The second kappa shape index (κ2) is 4.37. The van der Waals surface area contributed by atoms with Crippen LogP contribution in [0.3, 0.4) is 0 Å². The summed E-state index contributed by atoms with van der Waals surface area (Å²) in [6.45, 7) is 5.41. The summed E-state index contributed by atoms with van der Waals surface area (Å²) >= 11 is 1.00. The molecular weight excluding hydrogens is 236 g/mol. The standard InChI is InChI=1S/C10H11F2NO2S/c1-10(2,3)16-9-7(11)4-6(13(14)15)5-8(9)12/h4-5H,1-3H3. The van der Waals surface area contributed by atoms with Crippen molar-refractivity contribution in [3.8, 4) is 0 Å². The summed E-state index contributed by atoms with van der Waals surface area (Å²) in [7, 11) is 0. The van der Waals surface area contributed by atoms with Crippen LogP contribution in [0.2, 0.25) is 0 Å². The van der Waals surface area contributed by atoms with Crippen molar-refractivity contribution in [1.29, 1.82) is 0 Å². The molecule has 3 nitrogen and oxygen atoms in total. The smallest absolute Gasteiger partial charge is 0.258 e. The highest BCUT2D eigenvalue weighted by Crippen LogP contribution is 2.36. The van der Waals surface area contributed by atoms with Gasteiger partial charge >= 0.3 is 0 Å². The molecule has 0 saturated heterocycles. The first-order chi connectivity index (χ1) is 7.20. The first-order valence-corrected chi connectivity index (χ1v) is 5.35. The van der Waals surface area contributed by atoms with Gasteiger partial charge in [0.25, 0.3) is 5.69 Å². The number of nitrogens with zero attached hydrogens (tertiary/aromatic N) is 1. The third kappa shape index (κ3) is 3.16. The molecule has 0 spiro atoms. The maximum Gasteiger partial charge on any atom is 0.275 e. The summed E-state index contributed by atoms with van der Waals surface area (Å²) in [5.41, 5.74) is -0.576. The minimum Gasteiger partial charge on any atom is -0.258 e. The maximum atomic E-state index is 13.4. The zero-order valence-corrected chi connectivity index (χ0v) is 9.90. The van der Waals surface area contributed by atoms with Crippen LogP contribution in [0.25, 0.3) is 0 Å². The third-order valence-electron chi connectivity index (χ3n) is 1.60. The van der Waals surface area contributed by atoms with Gasteiger partial charge in [-0.2, -0.15) is 0 Å². The molecule has 0 heterocycles. The van der Waals surface area contributed by atoms with Crippen LogP contribution < -0.4 is 0 Å². The van der Waals surface area contributed by atoms with Gasteiger partial charge in [-0.25, -0.2) is 8.78 Å². The Kier molecular flexibility index (Phi) is 3.52. The predicted octanol–water partition coefficient (Wildman–Crippen LogP) is 3.76. The van der Waals surface area contributed by atoms with Crippen LogP contribution in [0.15, 0.2) is 17.0 Å². The van der Waals surface area contributed by atoms with Gasteiger partial charge in [-0.1, -0.05) is 20.8 Å². The van der Waals surface area contributed by atoms with E-state index in [2.05, 4.69) is 0 Å². The fraction of sp³-hybridized carbons (Fsp3) is 0.400. The number of hydrogen-bond donors (Lipinski definition) is 0. The van der Waals surface area contributed by atoms with Crippen LogP contribution in [0.5, 0.6) is 0 Å². The summed E-state index contributed by atoms with van der Waals surface area (Å²) in [6.07, 6.45) is 0. The molecule has 88 valence electrons. The lowest BCUT2D eigenvalue weighted by atomic mass is 10.3. The number of halogens is 2. The largest absolute Gasteiger partial charge is 0.275 e. The topological polar surface area (TPSA) is 43.1 Å². The number of benzene rings is 1. The van der Waals surface area contributed by atoms with Crippen molar-refractivity contribution in [3.05, 3.63) is 33.9 Å². The second-order valence-corrected chi connectivity index (χ2v) is 6.05. The SMILES string of the molecule is CC(C)(C)Sc1c(F)cc([N+](=O)[O-])cc1F. The van der Waals surface area contributed by atoms with E-state index < -0.39 is 22.2 Å². The van der Waals surface area contributed by atoms with Crippen molar-refractivity contribution in [2.24, 2.45) is 0 Å². The molecule has 0 radical (unpaired) electrons. The number of nitro groups is 1. The van der Waals surface area contributed by atoms with Gasteiger partial charge in [0.05, 0.1) is 22.0 Å². The molecule has 1 aromatic carbocycles. The molecular formula is C10H11F2NO2S. The van der Waals surface area contributed by atoms with Gasteiger partial charge in [0.2, 0.25) is 0 Å². The van der Waals surface area contributed by atoms with E-state index in [0.29, 0.717) is 0 Å². The lowest BCUT2D eigenvalue weighted by Gasteiger charge is -2.18. The molecule has 0 aromatic heterocycles. The normalized spacial score (nSPS) is 11.6. The highest BCUT2D eigenvalue weighted by atomic mass is 32.2. The van der Waals surface area contributed by atoms with Crippen LogP contribution in [-0.2, 0) is 0 Å². The number of rotatable bonds is 2. The van der Waals surface area contributed by atoms with E-state index in [1.807, 2.05) is 0 Å². The highest BCUT2D eigenvalue weighted by Gasteiger charge is 2.22.